The number of ether oxygens (including phenoxy) is 2. The van der Waals surface area contributed by atoms with Crippen molar-refractivity contribution in [2.24, 2.45) is 0 Å². The molecular formula is C56H58N6O2. The molecular weight excluding hydrogens is 789 g/mol. The fourth-order valence-corrected chi connectivity index (χ4v) is 10.8. The van der Waals surface area contributed by atoms with Crippen LogP contribution in [0, 0.1) is 0 Å². The molecule has 2 saturated carbocycles. The normalized spacial score (nSPS) is 20.9. The zero-order chi connectivity index (χ0) is 42.7. The Bertz CT molecular complexity index is 2560. The van der Waals surface area contributed by atoms with Crippen LogP contribution in [0.1, 0.15) is 85.3 Å². The molecule has 4 N–H and O–H groups in total. The van der Waals surface area contributed by atoms with Crippen LogP contribution < -0.4 is 30.7 Å². The van der Waals surface area contributed by atoms with Crippen LogP contribution in [0.3, 0.4) is 0 Å². The third-order valence-electron chi connectivity index (χ3n) is 14.1. The lowest BCUT2D eigenvalue weighted by molar-refractivity contribution is 0.274. The van der Waals surface area contributed by atoms with Crippen LogP contribution in [0.4, 0.5) is 0 Å². The van der Waals surface area contributed by atoms with Crippen LogP contribution in [0.25, 0.3) is 43.1 Å². The quantitative estimate of drug-likeness (QED) is 0.123. The van der Waals surface area contributed by atoms with Gasteiger partial charge in [-0.15, -0.1) is 0 Å². The van der Waals surface area contributed by atoms with Gasteiger partial charge in [0.25, 0.3) is 0 Å². The second-order valence-electron chi connectivity index (χ2n) is 18.3. The molecule has 8 nitrogen and oxygen atoms in total. The molecule has 0 saturated heterocycles. The summed E-state index contributed by atoms with van der Waals surface area (Å²) < 4.78 is 13.6. The number of aromatic nitrogens is 2. The summed E-state index contributed by atoms with van der Waals surface area (Å²) in [6.07, 6.45) is 9.31. The summed E-state index contributed by atoms with van der Waals surface area (Å²) in [5, 5.41) is 25.7. The van der Waals surface area contributed by atoms with Gasteiger partial charge in [-0.1, -0.05) is 123 Å². The van der Waals surface area contributed by atoms with Gasteiger partial charge in [0.1, 0.15) is 24.7 Å². The summed E-state index contributed by atoms with van der Waals surface area (Å²) in [4.78, 5) is 10.5. The summed E-state index contributed by atoms with van der Waals surface area (Å²) >= 11 is 0. The van der Waals surface area contributed by atoms with Crippen LogP contribution in [0.2, 0.25) is 0 Å². The average molecular weight is 847 g/mol. The molecule has 8 heteroatoms. The van der Waals surface area contributed by atoms with Gasteiger partial charge in [0.2, 0.25) is 0 Å². The van der Waals surface area contributed by atoms with E-state index in [0.717, 1.165) is 60.0 Å². The molecule has 0 radical (unpaired) electrons. The number of hydrogen-bond acceptors (Lipinski definition) is 8. The van der Waals surface area contributed by atoms with Crippen LogP contribution in [0.15, 0.2) is 133 Å². The van der Waals surface area contributed by atoms with Crippen molar-refractivity contribution in [2.75, 3.05) is 0 Å². The standard InChI is InChI=1S/C56H58N6O2/c1-5-17-47-37(13-1)25-38-14-2-6-18-48(38)51(47)35-63-45-27-41-31-57-53-21-9-11-23-55(53)59-33-43-29-46(64-36-52-49-19-7-3-15-39(49)26-40-16-4-8-20-50(40)52)30-44(62-43)34-60-56-24-12-10-22-54(56)58-32-42(28-45)61-41/h1-8,13-20,25-30,53-60H,9-12,21-24,31-36H2/t53-,54-,55-,56-/m1/s1. The third-order valence-corrected chi connectivity index (χ3v) is 14.1. The number of fused-ring (bicyclic) bond motifs is 10. The zero-order valence-electron chi connectivity index (χ0n) is 36.6. The molecule has 6 aromatic carbocycles. The Balaban J connectivity index is 0.867. The lowest BCUT2D eigenvalue weighted by Gasteiger charge is -2.34. The molecule has 4 atom stereocenters. The summed E-state index contributed by atoms with van der Waals surface area (Å²) in [6, 6.07) is 49.0. The van der Waals surface area contributed by atoms with Crippen molar-refractivity contribution in [2.45, 2.75) is 115 Å². The van der Waals surface area contributed by atoms with Crippen LogP contribution in [-0.4, -0.2) is 34.1 Å². The fraction of sp³-hybridized carbons (Fsp3) is 0.321. The van der Waals surface area contributed by atoms with Gasteiger partial charge in [-0.05, 0) is 80.9 Å². The number of rotatable bonds is 6. The molecule has 2 fully saturated rings. The molecule has 0 unspecified atom stereocenters. The monoisotopic (exact) mass is 846 g/mol. The van der Waals surface area contributed by atoms with E-state index in [9.17, 15) is 0 Å². The average Bonchev–Trinajstić information content (AvgIpc) is 3.34. The van der Waals surface area contributed by atoms with Crippen molar-refractivity contribution >= 4 is 43.1 Å². The van der Waals surface area contributed by atoms with Crippen molar-refractivity contribution < 1.29 is 9.47 Å². The minimum absolute atomic E-state index is 0.311. The first kappa shape index (κ1) is 40.8. The van der Waals surface area contributed by atoms with E-state index in [4.69, 9.17) is 19.4 Å². The Morgan fingerprint density at radius 3 is 0.953 bits per heavy atom. The highest BCUT2D eigenvalue weighted by molar-refractivity contribution is 6.03. The largest absolute Gasteiger partial charge is 0.489 e. The van der Waals surface area contributed by atoms with E-state index in [1.54, 1.807) is 0 Å². The molecule has 2 aliphatic carbocycles. The van der Waals surface area contributed by atoms with E-state index in [-0.39, 0.29) is 0 Å². The first-order valence-corrected chi connectivity index (χ1v) is 23.6. The molecule has 2 aromatic heterocycles. The smallest absolute Gasteiger partial charge is 0.123 e. The van der Waals surface area contributed by atoms with Gasteiger partial charge >= 0.3 is 0 Å². The van der Waals surface area contributed by atoms with Crippen molar-refractivity contribution in [3.63, 3.8) is 0 Å². The molecule has 0 spiro atoms. The van der Waals surface area contributed by atoms with Gasteiger partial charge in [0, 0.05) is 85.7 Å². The maximum absolute atomic E-state index is 6.79. The molecule has 3 aliphatic rings. The van der Waals surface area contributed by atoms with Gasteiger partial charge in [-0.25, -0.2) is 0 Å². The molecule has 0 amide bonds. The van der Waals surface area contributed by atoms with Crippen LogP contribution in [-0.2, 0) is 39.4 Å². The SMILES string of the molecule is c1ccc2c(COc3cc4nc(c3)CN[C@@H]3CCCC[C@H]3NCc3cc(OCc5c6ccccc6cc6ccccc56)cc(n3)CN[C@@H]3CCCC[C@H]3NC4)c3ccccc3cc2c1. The Morgan fingerprint density at radius 1 is 0.375 bits per heavy atom. The predicted molar refractivity (Wildman–Crippen MR) is 259 cm³/mol. The summed E-state index contributed by atoms with van der Waals surface area (Å²) in [6.45, 7) is 3.66. The summed E-state index contributed by atoms with van der Waals surface area (Å²) in [5.41, 5.74) is 6.48. The van der Waals surface area contributed by atoms with Gasteiger partial charge in [0.05, 0.1) is 22.8 Å². The van der Waals surface area contributed by atoms with Gasteiger partial charge < -0.3 is 30.7 Å². The number of hydrogen-bond donors (Lipinski definition) is 4. The van der Waals surface area contributed by atoms with E-state index in [2.05, 4.69) is 155 Å². The third kappa shape index (κ3) is 8.93. The van der Waals surface area contributed by atoms with Crippen LogP contribution >= 0.6 is 0 Å². The Morgan fingerprint density at radius 2 is 0.656 bits per heavy atom. The van der Waals surface area contributed by atoms with Crippen molar-refractivity contribution in [1.82, 2.24) is 31.2 Å². The highest BCUT2D eigenvalue weighted by atomic mass is 16.5. The summed E-state index contributed by atoms with van der Waals surface area (Å²) in [7, 11) is 0. The molecule has 3 heterocycles. The number of benzene rings is 6. The van der Waals surface area contributed by atoms with E-state index >= 15 is 0 Å². The van der Waals surface area contributed by atoms with E-state index in [1.165, 1.54) is 79.9 Å². The van der Waals surface area contributed by atoms with Gasteiger partial charge in [-0.2, -0.15) is 0 Å². The van der Waals surface area contributed by atoms with Gasteiger partial charge in [0.15, 0.2) is 0 Å². The Hall–Kier alpha value is -5.90. The lowest BCUT2D eigenvalue weighted by Crippen LogP contribution is -2.50. The van der Waals surface area contributed by atoms with E-state index in [0.29, 0.717) is 63.6 Å². The van der Waals surface area contributed by atoms with E-state index in [1.807, 2.05) is 0 Å². The Kier molecular flexibility index (Phi) is 11.9. The molecule has 11 rings (SSSR count). The highest BCUT2D eigenvalue weighted by Gasteiger charge is 2.27. The second kappa shape index (κ2) is 18.7. The molecule has 324 valence electrons. The van der Waals surface area contributed by atoms with Crippen LogP contribution in [0.5, 0.6) is 11.5 Å². The maximum atomic E-state index is 6.79. The van der Waals surface area contributed by atoms with E-state index < -0.39 is 0 Å². The number of pyridine rings is 2. The number of nitrogens with zero attached hydrogens (tertiary/aromatic N) is 2. The topological polar surface area (TPSA) is 92.4 Å². The predicted octanol–water partition coefficient (Wildman–Crippen LogP) is 10.9. The van der Waals surface area contributed by atoms with Crippen molar-refractivity contribution in [3.8, 4) is 11.5 Å². The lowest BCUT2D eigenvalue weighted by atomic mass is 9.90. The minimum Gasteiger partial charge on any atom is -0.489 e. The summed E-state index contributed by atoms with van der Waals surface area (Å²) in [5.74, 6) is 1.73. The maximum Gasteiger partial charge on any atom is 0.123 e. The molecule has 4 bridgehead atoms. The first-order valence-electron chi connectivity index (χ1n) is 23.6. The Labute approximate surface area is 376 Å². The van der Waals surface area contributed by atoms with Crippen molar-refractivity contribution in [1.29, 1.82) is 0 Å². The molecule has 64 heavy (non-hydrogen) atoms. The second-order valence-corrected chi connectivity index (χ2v) is 18.3. The molecule has 1 aliphatic heterocycles. The van der Waals surface area contributed by atoms with Gasteiger partial charge in [-0.3, -0.25) is 9.97 Å². The highest BCUT2D eigenvalue weighted by Crippen LogP contribution is 2.32. The van der Waals surface area contributed by atoms with Crippen molar-refractivity contribution in [3.05, 3.63) is 167 Å². The fourth-order valence-electron chi connectivity index (χ4n) is 10.8. The zero-order valence-corrected chi connectivity index (χ0v) is 36.6. The number of nitrogens with one attached hydrogen (secondary N) is 4. The molecule has 8 aromatic rings. The first-order chi connectivity index (χ1) is 31.7. The minimum atomic E-state index is 0.311.